The first-order chi connectivity index (χ1) is 31.3. The van der Waals surface area contributed by atoms with Crippen LogP contribution in [0, 0.1) is 5.41 Å². The molecule has 340 valence electrons. The summed E-state index contributed by atoms with van der Waals surface area (Å²) in [7, 11) is 3.14. The fourth-order valence-corrected chi connectivity index (χ4v) is 8.34. The number of carbonyl (C=O) groups is 7. The smallest absolute Gasteiger partial charge is 0.246 e. The molecule has 2 bridgehead atoms. The lowest BCUT2D eigenvalue weighted by Gasteiger charge is -2.42. The molecule has 6 amide bonds. The highest BCUT2D eigenvalue weighted by atomic mass is 16.5. The lowest BCUT2D eigenvalue weighted by atomic mass is 9.74. The quantitative estimate of drug-likeness (QED) is 0.173. The van der Waals surface area contributed by atoms with Crippen LogP contribution in [0.15, 0.2) is 115 Å². The normalized spacial score (nSPS) is 20.7. The molecule has 1 saturated heterocycles. The maximum atomic E-state index is 14.9. The van der Waals surface area contributed by atoms with Crippen LogP contribution >= 0.6 is 0 Å². The van der Waals surface area contributed by atoms with Gasteiger partial charge in [-0.2, -0.15) is 0 Å². The van der Waals surface area contributed by atoms with Crippen LogP contribution in [0.3, 0.4) is 0 Å². The van der Waals surface area contributed by atoms with E-state index >= 15 is 0 Å². The first kappa shape index (κ1) is 47.5. The molecule has 0 aromatic heterocycles. The average Bonchev–Trinajstić information content (AvgIpc) is 3.31. The van der Waals surface area contributed by atoms with Gasteiger partial charge in [0.25, 0.3) is 0 Å². The molecule has 1 fully saturated rings. The summed E-state index contributed by atoms with van der Waals surface area (Å²) in [6.45, 7) is 2.58. The van der Waals surface area contributed by atoms with E-state index in [-0.39, 0.29) is 69.6 Å². The fraction of sp³-hybridized carbons (Fsp3) is 0.353. The topological polar surface area (TPSA) is 183 Å². The number of likely N-dealkylation sites (N-methyl/N-ethyl adjacent to an activating group) is 1. The monoisotopic (exact) mass is 882 g/mol. The zero-order chi connectivity index (χ0) is 46.3. The summed E-state index contributed by atoms with van der Waals surface area (Å²) in [6, 6.07) is 29.7. The van der Waals surface area contributed by atoms with Gasteiger partial charge in [0, 0.05) is 71.0 Å². The molecule has 2 aliphatic heterocycles. The standard InChI is InChI=1S/C51H58N6O8/c1-35(58)38-18-20-40(21-19-38)39-16-14-36(15-17-39)30-44-48(62)53-33-42-13-8-7-12-41(42)31-46(60)54-43(49(63)56(2)28-29-65-3)24-26-52-45(59)22-23-47(61)57-27-9-25-51(34-57,50(64)55-44)32-37-10-5-4-6-11-37/h4-8,10-23,43-44H,9,24-34H2,1-3H3,(H,52,59)(H,53,62)(H,54,60)(H,55,64)/b23-22+/t43-,44-,51-/m0/s1. The molecule has 4 aromatic carbocycles. The number of hydrogen-bond acceptors (Lipinski definition) is 8. The number of hydrogen-bond donors (Lipinski definition) is 4. The van der Waals surface area contributed by atoms with Gasteiger partial charge in [-0.05, 0) is 66.0 Å². The van der Waals surface area contributed by atoms with Crippen molar-refractivity contribution in [3.8, 4) is 11.1 Å². The third-order valence-electron chi connectivity index (χ3n) is 12.1. The van der Waals surface area contributed by atoms with Gasteiger partial charge in [-0.3, -0.25) is 33.6 Å². The molecule has 0 spiro atoms. The SMILES string of the molecule is COCCN(C)C(=O)[C@@H]1CCNC(=O)/C=C/C(=O)N2CCC[C@](Cc3ccccc3)(C2)C(=O)N[C@@H](Cc2ccc(-c3ccc(C(C)=O)cc3)cc2)C(=O)NCc2ccccc2CC(=O)N1. The van der Waals surface area contributed by atoms with Crippen molar-refractivity contribution in [1.82, 2.24) is 31.1 Å². The van der Waals surface area contributed by atoms with Crippen LogP contribution < -0.4 is 21.3 Å². The number of fused-ring (bicyclic) bond motifs is 3. The number of carbonyl (C=O) groups excluding carboxylic acids is 7. The Hall–Kier alpha value is -6.93. The molecule has 0 radical (unpaired) electrons. The lowest BCUT2D eigenvalue weighted by Crippen LogP contribution is -2.58. The van der Waals surface area contributed by atoms with Crippen molar-refractivity contribution in [1.29, 1.82) is 0 Å². The highest BCUT2D eigenvalue weighted by Crippen LogP contribution is 2.35. The van der Waals surface area contributed by atoms with Crippen LogP contribution in [-0.2, 0) is 59.3 Å². The van der Waals surface area contributed by atoms with Crippen LogP contribution in [0.4, 0.5) is 0 Å². The Morgan fingerprint density at radius 3 is 2.17 bits per heavy atom. The number of methoxy groups -OCH3 is 1. The molecule has 2 aliphatic rings. The molecule has 4 N–H and O–H groups in total. The predicted molar refractivity (Wildman–Crippen MR) is 246 cm³/mol. The number of ether oxygens (including phenoxy) is 1. The van der Waals surface area contributed by atoms with Crippen molar-refractivity contribution in [2.75, 3.05) is 46.9 Å². The van der Waals surface area contributed by atoms with Crippen LogP contribution in [0.25, 0.3) is 11.1 Å². The summed E-state index contributed by atoms with van der Waals surface area (Å²) >= 11 is 0. The molecule has 0 aliphatic carbocycles. The lowest BCUT2D eigenvalue weighted by molar-refractivity contribution is -0.141. The van der Waals surface area contributed by atoms with Crippen molar-refractivity contribution in [2.45, 2.75) is 64.1 Å². The summed E-state index contributed by atoms with van der Waals surface area (Å²) in [6.07, 6.45) is 3.68. The molecule has 4 aromatic rings. The van der Waals surface area contributed by atoms with Crippen LogP contribution in [0.2, 0.25) is 0 Å². The van der Waals surface area contributed by atoms with Crippen LogP contribution in [-0.4, -0.2) is 110 Å². The van der Waals surface area contributed by atoms with Gasteiger partial charge in [-0.1, -0.05) is 103 Å². The minimum absolute atomic E-state index is 0.0221. The number of piperidine rings is 1. The van der Waals surface area contributed by atoms with E-state index in [4.69, 9.17) is 4.74 Å². The number of Topliss-reactive ketones (excluding diaryl/α,β-unsaturated/α-hetero) is 1. The average molecular weight is 883 g/mol. The summed E-state index contributed by atoms with van der Waals surface area (Å²) < 4.78 is 5.14. The second kappa shape index (κ2) is 22.6. The van der Waals surface area contributed by atoms with Crippen LogP contribution in [0.5, 0.6) is 0 Å². The Kier molecular flexibility index (Phi) is 16.5. The van der Waals surface area contributed by atoms with E-state index in [1.54, 1.807) is 42.3 Å². The number of benzene rings is 4. The Labute approximate surface area is 380 Å². The molecule has 0 unspecified atom stereocenters. The Bertz CT molecular complexity index is 2370. The molecular formula is C51H58N6O8. The molecule has 14 heteroatoms. The van der Waals surface area contributed by atoms with Crippen molar-refractivity contribution < 1.29 is 38.3 Å². The number of nitrogens with one attached hydrogen (secondary N) is 4. The zero-order valence-electron chi connectivity index (χ0n) is 37.3. The van der Waals surface area contributed by atoms with Gasteiger partial charge in [-0.25, -0.2) is 0 Å². The molecule has 14 nitrogen and oxygen atoms in total. The third-order valence-corrected chi connectivity index (χ3v) is 12.1. The molecule has 3 atom stereocenters. The maximum absolute atomic E-state index is 14.9. The third kappa shape index (κ3) is 13.1. The van der Waals surface area contributed by atoms with Crippen molar-refractivity contribution in [3.05, 3.63) is 143 Å². The van der Waals surface area contributed by atoms with Crippen LogP contribution in [0.1, 0.15) is 58.8 Å². The van der Waals surface area contributed by atoms with Gasteiger partial charge < -0.3 is 35.8 Å². The van der Waals surface area contributed by atoms with Crippen molar-refractivity contribution in [3.63, 3.8) is 0 Å². The number of amides is 6. The minimum Gasteiger partial charge on any atom is -0.383 e. The van der Waals surface area contributed by atoms with Gasteiger partial charge in [0.1, 0.15) is 12.1 Å². The minimum atomic E-state index is -1.12. The van der Waals surface area contributed by atoms with Gasteiger partial charge >= 0.3 is 0 Å². The van der Waals surface area contributed by atoms with E-state index in [0.29, 0.717) is 42.5 Å². The summed E-state index contributed by atoms with van der Waals surface area (Å²) in [4.78, 5) is 98.1. The van der Waals surface area contributed by atoms with E-state index in [0.717, 1.165) is 28.3 Å². The number of rotatable bonds is 10. The molecule has 65 heavy (non-hydrogen) atoms. The van der Waals surface area contributed by atoms with E-state index in [9.17, 15) is 33.6 Å². The van der Waals surface area contributed by atoms with E-state index in [1.165, 1.54) is 25.0 Å². The molecule has 0 saturated carbocycles. The van der Waals surface area contributed by atoms with E-state index in [2.05, 4.69) is 21.3 Å². The molecular weight excluding hydrogens is 825 g/mol. The van der Waals surface area contributed by atoms with Gasteiger partial charge in [-0.15, -0.1) is 0 Å². The Morgan fingerprint density at radius 2 is 1.48 bits per heavy atom. The molecule has 2 heterocycles. The largest absolute Gasteiger partial charge is 0.383 e. The second-order valence-electron chi connectivity index (χ2n) is 16.8. The predicted octanol–water partition coefficient (Wildman–Crippen LogP) is 3.96. The first-order valence-electron chi connectivity index (χ1n) is 22.0. The molecule has 6 rings (SSSR count). The zero-order valence-corrected chi connectivity index (χ0v) is 37.3. The fourth-order valence-electron chi connectivity index (χ4n) is 8.34. The Morgan fingerprint density at radius 1 is 0.800 bits per heavy atom. The van der Waals surface area contributed by atoms with Crippen molar-refractivity contribution in [2.24, 2.45) is 5.41 Å². The van der Waals surface area contributed by atoms with Gasteiger partial charge in [0.05, 0.1) is 18.4 Å². The summed E-state index contributed by atoms with van der Waals surface area (Å²) in [5, 5.41) is 11.7. The highest BCUT2D eigenvalue weighted by Gasteiger charge is 2.44. The Balaban J connectivity index is 1.33. The number of nitrogens with zero attached hydrogens (tertiary/aromatic N) is 2. The maximum Gasteiger partial charge on any atom is 0.246 e. The second-order valence-corrected chi connectivity index (χ2v) is 16.8. The van der Waals surface area contributed by atoms with Gasteiger partial charge in [0.15, 0.2) is 5.78 Å². The number of ketones is 1. The summed E-state index contributed by atoms with van der Waals surface area (Å²) in [5.74, 6) is -2.64. The summed E-state index contributed by atoms with van der Waals surface area (Å²) in [5.41, 5.74) is 4.30. The highest BCUT2D eigenvalue weighted by molar-refractivity contribution is 5.98. The first-order valence-corrected chi connectivity index (χ1v) is 22.0. The van der Waals surface area contributed by atoms with E-state index < -0.39 is 41.1 Å². The van der Waals surface area contributed by atoms with Crippen molar-refractivity contribution >= 4 is 41.2 Å². The van der Waals surface area contributed by atoms with E-state index in [1.807, 2.05) is 72.8 Å². The van der Waals surface area contributed by atoms with Gasteiger partial charge in [0.2, 0.25) is 35.4 Å².